The van der Waals surface area contributed by atoms with E-state index in [1.54, 1.807) is 30.9 Å². The Kier molecular flexibility index (Phi) is 4.46. The summed E-state index contributed by atoms with van der Waals surface area (Å²) in [5.74, 6) is 0.546. The van der Waals surface area contributed by atoms with Gasteiger partial charge in [-0.25, -0.2) is 4.98 Å². The zero-order chi connectivity index (χ0) is 15.5. The highest BCUT2D eigenvalue weighted by molar-refractivity contribution is 5.29. The van der Waals surface area contributed by atoms with Gasteiger partial charge in [0.2, 0.25) is 0 Å². The summed E-state index contributed by atoms with van der Waals surface area (Å²) in [6.45, 7) is 0. The average molecular weight is 300 g/mol. The van der Waals surface area contributed by atoms with Crippen molar-refractivity contribution < 1.29 is 17.9 Å². The van der Waals surface area contributed by atoms with Crippen molar-refractivity contribution in [1.82, 2.24) is 20.1 Å². The molecule has 1 aromatic heterocycles. The molecule has 1 heterocycles. The van der Waals surface area contributed by atoms with Gasteiger partial charge in [-0.1, -0.05) is 12.1 Å². The van der Waals surface area contributed by atoms with Crippen molar-refractivity contribution >= 4 is 0 Å². The van der Waals surface area contributed by atoms with Crippen molar-refractivity contribution in [3.05, 3.63) is 42.0 Å². The van der Waals surface area contributed by atoms with Crippen LogP contribution in [0, 0.1) is 0 Å². The van der Waals surface area contributed by atoms with Crippen molar-refractivity contribution in [2.45, 2.75) is 18.8 Å². The number of likely N-dealkylation sites (N-methyl/N-ethyl adjacent to an activating group) is 1. The molecule has 0 saturated carbocycles. The number of aryl methyl sites for hydroxylation is 1. The number of benzene rings is 1. The molecule has 8 heteroatoms. The summed E-state index contributed by atoms with van der Waals surface area (Å²) in [5, 5.41) is 7.09. The number of ether oxygens (including phenoxy) is 1. The Morgan fingerprint density at radius 2 is 1.95 bits per heavy atom. The summed E-state index contributed by atoms with van der Waals surface area (Å²) in [7, 11) is 3.57. The molecule has 2 aromatic rings. The van der Waals surface area contributed by atoms with Gasteiger partial charge in [0.05, 0.1) is 0 Å². The van der Waals surface area contributed by atoms with Gasteiger partial charge in [-0.3, -0.25) is 4.68 Å². The molecule has 1 aromatic carbocycles. The van der Waals surface area contributed by atoms with Crippen molar-refractivity contribution in [1.29, 1.82) is 0 Å². The van der Waals surface area contributed by atoms with Gasteiger partial charge in [0, 0.05) is 19.5 Å². The second-order valence-electron chi connectivity index (χ2n) is 4.46. The molecule has 1 unspecified atom stereocenters. The lowest BCUT2D eigenvalue weighted by Crippen LogP contribution is -2.21. The minimum Gasteiger partial charge on any atom is -0.406 e. The van der Waals surface area contributed by atoms with Gasteiger partial charge in [-0.05, 0) is 24.7 Å². The highest BCUT2D eigenvalue weighted by Gasteiger charge is 2.31. The summed E-state index contributed by atoms with van der Waals surface area (Å²) in [5.41, 5.74) is 0.843. The van der Waals surface area contributed by atoms with Gasteiger partial charge in [0.1, 0.15) is 17.9 Å². The van der Waals surface area contributed by atoms with Crippen LogP contribution in [0.2, 0.25) is 0 Å². The second kappa shape index (κ2) is 6.13. The summed E-state index contributed by atoms with van der Waals surface area (Å²) in [4.78, 5) is 4.13. The van der Waals surface area contributed by atoms with Crippen LogP contribution in [0.1, 0.15) is 17.4 Å². The molecule has 0 amide bonds. The van der Waals surface area contributed by atoms with E-state index in [4.69, 9.17) is 0 Å². The molecule has 0 fully saturated rings. The summed E-state index contributed by atoms with van der Waals surface area (Å²) in [6.07, 6.45) is -2.64. The number of nitrogens with one attached hydrogen (secondary N) is 1. The van der Waals surface area contributed by atoms with E-state index in [0.717, 1.165) is 11.4 Å². The van der Waals surface area contributed by atoms with Gasteiger partial charge >= 0.3 is 6.36 Å². The van der Waals surface area contributed by atoms with Crippen LogP contribution in [0.15, 0.2) is 30.6 Å². The zero-order valence-electron chi connectivity index (χ0n) is 11.6. The fraction of sp³-hybridized carbons (Fsp3) is 0.385. The van der Waals surface area contributed by atoms with Crippen LogP contribution in [-0.4, -0.2) is 28.2 Å². The minimum atomic E-state index is -4.68. The Hall–Kier alpha value is -2.09. The lowest BCUT2D eigenvalue weighted by Gasteiger charge is -2.17. The van der Waals surface area contributed by atoms with E-state index < -0.39 is 6.36 Å². The Labute approximate surface area is 119 Å². The van der Waals surface area contributed by atoms with Crippen molar-refractivity contribution in [2.24, 2.45) is 7.05 Å². The molecule has 0 aliphatic rings. The van der Waals surface area contributed by atoms with E-state index in [1.807, 2.05) is 0 Å². The van der Waals surface area contributed by atoms with Crippen LogP contribution in [0.25, 0.3) is 0 Å². The highest BCUT2D eigenvalue weighted by Crippen LogP contribution is 2.25. The first-order chi connectivity index (χ1) is 9.89. The first-order valence-corrected chi connectivity index (χ1v) is 6.25. The van der Waals surface area contributed by atoms with E-state index in [1.165, 1.54) is 18.5 Å². The fourth-order valence-electron chi connectivity index (χ4n) is 1.98. The molecule has 114 valence electrons. The number of halogens is 3. The first-order valence-electron chi connectivity index (χ1n) is 6.25. The van der Waals surface area contributed by atoms with Gasteiger partial charge in [0.15, 0.2) is 0 Å². The summed E-state index contributed by atoms with van der Waals surface area (Å²) < 4.78 is 41.8. The number of rotatable bonds is 5. The van der Waals surface area contributed by atoms with Crippen LogP contribution in [0.3, 0.4) is 0 Å². The largest absolute Gasteiger partial charge is 0.573 e. The van der Waals surface area contributed by atoms with Gasteiger partial charge in [-0.2, -0.15) is 5.10 Å². The van der Waals surface area contributed by atoms with E-state index in [9.17, 15) is 13.2 Å². The predicted octanol–water partition coefficient (Wildman–Crippen LogP) is 2.22. The maximum absolute atomic E-state index is 12.1. The summed E-state index contributed by atoms with van der Waals surface area (Å²) in [6, 6.07) is 5.71. The fourth-order valence-corrected chi connectivity index (χ4v) is 1.98. The third-order valence-corrected chi connectivity index (χ3v) is 3.06. The number of hydrogen-bond donors (Lipinski definition) is 1. The lowest BCUT2D eigenvalue weighted by atomic mass is 10.0. The maximum Gasteiger partial charge on any atom is 0.573 e. The second-order valence-corrected chi connectivity index (χ2v) is 4.46. The molecule has 1 atom stereocenters. The van der Waals surface area contributed by atoms with E-state index in [0.29, 0.717) is 6.42 Å². The van der Waals surface area contributed by atoms with Crippen molar-refractivity contribution in [3.8, 4) is 5.75 Å². The molecule has 0 spiro atoms. The number of hydrogen-bond acceptors (Lipinski definition) is 4. The number of nitrogens with zero attached hydrogens (tertiary/aromatic N) is 3. The monoisotopic (exact) mass is 300 g/mol. The smallest absolute Gasteiger partial charge is 0.406 e. The molecular formula is C13H15F3N4O. The van der Waals surface area contributed by atoms with Gasteiger partial charge in [-0.15, -0.1) is 13.2 Å². The van der Waals surface area contributed by atoms with Crippen LogP contribution in [0.5, 0.6) is 5.75 Å². The van der Waals surface area contributed by atoms with Crippen molar-refractivity contribution in [2.75, 3.05) is 7.05 Å². The molecule has 2 rings (SSSR count). The van der Waals surface area contributed by atoms with Gasteiger partial charge < -0.3 is 10.1 Å². The topological polar surface area (TPSA) is 52.0 Å². The molecule has 0 radical (unpaired) electrons. The van der Waals surface area contributed by atoms with Gasteiger partial charge in [0.25, 0.3) is 0 Å². The number of aromatic nitrogens is 3. The molecule has 0 saturated heterocycles. The average Bonchev–Trinajstić information content (AvgIpc) is 2.81. The standard InChI is InChI=1S/C13H15F3N4O/c1-17-11(7-12-18-8-19-20(12)2)9-3-5-10(6-4-9)21-13(14,15)16/h3-6,8,11,17H,7H2,1-2H3. The molecule has 1 N–H and O–H groups in total. The number of alkyl halides is 3. The quantitative estimate of drug-likeness (QED) is 0.920. The van der Waals surface area contributed by atoms with Crippen LogP contribution in [0.4, 0.5) is 13.2 Å². The van der Waals surface area contributed by atoms with Crippen LogP contribution < -0.4 is 10.1 Å². The Balaban J connectivity index is 2.10. The molecular weight excluding hydrogens is 285 g/mol. The Bertz CT molecular complexity index is 580. The predicted molar refractivity (Wildman–Crippen MR) is 69.6 cm³/mol. The SMILES string of the molecule is CNC(Cc1ncnn1C)c1ccc(OC(F)(F)F)cc1. The molecule has 5 nitrogen and oxygen atoms in total. The molecule has 0 aliphatic carbocycles. The Morgan fingerprint density at radius 1 is 1.29 bits per heavy atom. The molecule has 0 bridgehead atoms. The summed E-state index contributed by atoms with van der Waals surface area (Å²) >= 11 is 0. The van der Waals surface area contributed by atoms with Crippen LogP contribution in [-0.2, 0) is 13.5 Å². The zero-order valence-corrected chi connectivity index (χ0v) is 11.6. The normalized spacial score (nSPS) is 13.2. The first kappa shape index (κ1) is 15.3. The maximum atomic E-state index is 12.1. The molecule has 0 aliphatic heterocycles. The van der Waals surface area contributed by atoms with Crippen molar-refractivity contribution in [3.63, 3.8) is 0 Å². The lowest BCUT2D eigenvalue weighted by molar-refractivity contribution is -0.274. The van der Waals surface area contributed by atoms with E-state index in [-0.39, 0.29) is 11.8 Å². The molecule has 21 heavy (non-hydrogen) atoms. The third kappa shape index (κ3) is 4.19. The third-order valence-electron chi connectivity index (χ3n) is 3.06. The highest BCUT2D eigenvalue weighted by atomic mass is 19.4. The van der Waals surface area contributed by atoms with E-state index >= 15 is 0 Å². The van der Waals surface area contributed by atoms with E-state index in [2.05, 4.69) is 20.1 Å². The van der Waals surface area contributed by atoms with Crippen LogP contribution >= 0.6 is 0 Å². The Morgan fingerprint density at radius 3 is 2.43 bits per heavy atom. The minimum absolute atomic E-state index is 0.0761.